The third-order valence-corrected chi connectivity index (χ3v) is 7.27. The van der Waals surface area contributed by atoms with Crippen LogP contribution in [-0.4, -0.2) is 89.4 Å². The minimum Gasteiger partial charge on any atom is -0.338 e. The summed E-state index contributed by atoms with van der Waals surface area (Å²) in [5.74, 6) is 0.484. The second-order valence-electron chi connectivity index (χ2n) is 9.01. The highest BCUT2D eigenvalue weighted by atomic mass is 32.2. The van der Waals surface area contributed by atoms with Crippen LogP contribution in [0.2, 0.25) is 0 Å². The molecule has 3 rings (SSSR count). The second-order valence-corrected chi connectivity index (χ2v) is 10.3. The van der Waals surface area contributed by atoms with Crippen molar-refractivity contribution in [3.63, 3.8) is 0 Å². The zero-order valence-electron chi connectivity index (χ0n) is 21.4. The molecule has 0 spiro atoms. The molecule has 0 aliphatic carbocycles. The van der Waals surface area contributed by atoms with Gasteiger partial charge in [0.25, 0.3) is 0 Å². The van der Waals surface area contributed by atoms with Crippen LogP contribution >= 0.6 is 11.8 Å². The Bertz CT molecular complexity index is 965. The van der Waals surface area contributed by atoms with Crippen LogP contribution in [0, 0.1) is 0 Å². The lowest BCUT2D eigenvalue weighted by molar-refractivity contribution is -0.135. The van der Waals surface area contributed by atoms with Gasteiger partial charge in [-0.25, -0.2) is 4.79 Å². The van der Waals surface area contributed by atoms with Gasteiger partial charge in [-0.1, -0.05) is 79.3 Å². The molecule has 0 saturated carbocycles. The number of piperazine rings is 1. The Labute approximate surface area is 219 Å². The van der Waals surface area contributed by atoms with E-state index in [1.165, 1.54) is 18.7 Å². The Balaban J connectivity index is 1.71. The van der Waals surface area contributed by atoms with E-state index in [1.54, 1.807) is 4.90 Å². The number of hydrogen-bond donors (Lipinski definition) is 1. The number of carbonyl (C=O) groups excluding carboxylic acids is 3. The van der Waals surface area contributed by atoms with Crippen molar-refractivity contribution in [2.45, 2.75) is 32.7 Å². The summed E-state index contributed by atoms with van der Waals surface area (Å²) >= 11 is 1.21. The van der Waals surface area contributed by atoms with Crippen LogP contribution in [0.15, 0.2) is 60.7 Å². The van der Waals surface area contributed by atoms with E-state index in [9.17, 15) is 14.4 Å². The standard InChI is InChI=1S/C28H38N4O3S/c1-3-30-16-18-31(19-17-30)27(34)26(22-25-12-8-5-9-13-25)29-28(35)32(20-21-36-23(2)33)15-14-24-10-6-4-7-11-24/h4-13,26H,3,14-22H2,1-2H3,(H,29,35)/t26-/m0/s1. The molecule has 7 nitrogen and oxygen atoms in total. The topological polar surface area (TPSA) is 73.0 Å². The first-order valence-electron chi connectivity index (χ1n) is 12.7. The van der Waals surface area contributed by atoms with Gasteiger partial charge in [-0.2, -0.15) is 0 Å². The van der Waals surface area contributed by atoms with Crippen molar-refractivity contribution in [3.8, 4) is 0 Å². The molecular formula is C28H38N4O3S. The minimum absolute atomic E-state index is 0.0294. The largest absolute Gasteiger partial charge is 0.338 e. The first-order chi connectivity index (χ1) is 17.5. The summed E-state index contributed by atoms with van der Waals surface area (Å²) in [6, 6.07) is 18.9. The fourth-order valence-corrected chi connectivity index (χ4v) is 4.92. The summed E-state index contributed by atoms with van der Waals surface area (Å²) < 4.78 is 0. The molecule has 1 aliphatic heterocycles. The van der Waals surface area contributed by atoms with Crippen LogP contribution < -0.4 is 5.32 Å². The van der Waals surface area contributed by atoms with Crippen LogP contribution in [0.4, 0.5) is 4.79 Å². The van der Waals surface area contributed by atoms with Gasteiger partial charge < -0.3 is 20.0 Å². The first-order valence-corrected chi connectivity index (χ1v) is 13.7. The number of amides is 3. The molecule has 1 aliphatic rings. The lowest BCUT2D eigenvalue weighted by atomic mass is 10.0. The number of likely N-dealkylation sites (N-methyl/N-ethyl adjacent to an activating group) is 1. The molecule has 2 aromatic rings. The van der Waals surface area contributed by atoms with Gasteiger partial charge in [0.2, 0.25) is 5.91 Å². The van der Waals surface area contributed by atoms with E-state index in [4.69, 9.17) is 0 Å². The number of nitrogens with zero attached hydrogens (tertiary/aromatic N) is 3. The number of carbonyl (C=O) groups is 3. The molecule has 194 valence electrons. The summed E-state index contributed by atoms with van der Waals surface area (Å²) in [4.78, 5) is 44.4. The van der Waals surface area contributed by atoms with Gasteiger partial charge in [0.05, 0.1) is 0 Å². The van der Waals surface area contributed by atoms with Gasteiger partial charge in [-0.3, -0.25) is 9.59 Å². The Morgan fingerprint density at radius 1 is 0.917 bits per heavy atom. The lowest BCUT2D eigenvalue weighted by Gasteiger charge is -2.36. The number of rotatable bonds is 11. The molecule has 8 heteroatoms. The highest BCUT2D eigenvalue weighted by molar-refractivity contribution is 8.13. The molecule has 1 N–H and O–H groups in total. The van der Waals surface area contributed by atoms with Crippen molar-refractivity contribution in [2.75, 3.05) is 51.6 Å². The first kappa shape index (κ1) is 27.7. The molecule has 0 unspecified atom stereocenters. The smallest absolute Gasteiger partial charge is 0.318 e. The van der Waals surface area contributed by atoms with E-state index >= 15 is 0 Å². The maximum Gasteiger partial charge on any atom is 0.318 e. The zero-order chi connectivity index (χ0) is 25.8. The van der Waals surface area contributed by atoms with Crippen LogP contribution in [0.25, 0.3) is 0 Å². The van der Waals surface area contributed by atoms with Crippen molar-refractivity contribution in [2.24, 2.45) is 0 Å². The van der Waals surface area contributed by atoms with Crippen molar-refractivity contribution >= 4 is 28.8 Å². The quantitative estimate of drug-likeness (QED) is 0.502. The van der Waals surface area contributed by atoms with Crippen molar-refractivity contribution in [1.29, 1.82) is 0 Å². The van der Waals surface area contributed by atoms with Crippen molar-refractivity contribution in [1.82, 2.24) is 20.0 Å². The molecule has 36 heavy (non-hydrogen) atoms. The molecule has 0 bridgehead atoms. The summed E-state index contributed by atoms with van der Waals surface area (Å²) in [5, 5.41) is 3.08. The fourth-order valence-electron chi connectivity index (χ4n) is 4.32. The molecule has 0 aromatic heterocycles. The average molecular weight is 511 g/mol. The lowest BCUT2D eigenvalue weighted by Crippen LogP contribution is -2.57. The normalized spacial score (nSPS) is 14.8. The maximum atomic E-state index is 13.6. The van der Waals surface area contributed by atoms with Gasteiger partial charge >= 0.3 is 6.03 Å². The molecule has 2 aromatic carbocycles. The Morgan fingerprint density at radius 3 is 2.11 bits per heavy atom. The molecule has 3 amide bonds. The van der Waals surface area contributed by atoms with E-state index in [1.807, 2.05) is 65.6 Å². The molecule has 0 radical (unpaired) electrons. The highest BCUT2D eigenvalue weighted by Gasteiger charge is 2.30. The average Bonchev–Trinajstić information content (AvgIpc) is 2.90. The Hall–Kier alpha value is -2.84. The van der Waals surface area contributed by atoms with E-state index < -0.39 is 6.04 Å². The van der Waals surface area contributed by atoms with Gasteiger partial charge in [-0.15, -0.1) is 0 Å². The van der Waals surface area contributed by atoms with Crippen LogP contribution in [-0.2, 0) is 22.4 Å². The number of urea groups is 1. The predicted molar refractivity (Wildman–Crippen MR) is 146 cm³/mol. The van der Waals surface area contributed by atoms with Crippen LogP contribution in [0.3, 0.4) is 0 Å². The summed E-state index contributed by atoms with van der Waals surface area (Å²) in [6.07, 6.45) is 1.14. The SMILES string of the molecule is CCN1CCN(C(=O)[C@H](Cc2ccccc2)NC(=O)N(CCSC(C)=O)CCc2ccccc2)CC1. The summed E-state index contributed by atoms with van der Waals surface area (Å²) in [5.41, 5.74) is 2.14. The van der Waals surface area contributed by atoms with Crippen LogP contribution in [0.1, 0.15) is 25.0 Å². The highest BCUT2D eigenvalue weighted by Crippen LogP contribution is 2.11. The summed E-state index contributed by atoms with van der Waals surface area (Å²) in [6.45, 7) is 8.61. The Kier molecular flexibility index (Phi) is 11.3. The molecular weight excluding hydrogens is 472 g/mol. The van der Waals surface area contributed by atoms with Gasteiger partial charge in [-0.05, 0) is 24.1 Å². The van der Waals surface area contributed by atoms with Gasteiger partial charge in [0.1, 0.15) is 6.04 Å². The van der Waals surface area contributed by atoms with Gasteiger partial charge in [0.15, 0.2) is 5.12 Å². The third kappa shape index (κ3) is 8.99. The monoisotopic (exact) mass is 510 g/mol. The summed E-state index contributed by atoms with van der Waals surface area (Å²) in [7, 11) is 0. The number of benzene rings is 2. The predicted octanol–water partition coefficient (Wildman–Crippen LogP) is 3.30. The maximum absolute atomic E-state index is 13.6. The number of hydrogen-bond acceptors (Lipinski definition) is 5. The number of thioether (sulfide) groups is 1. The van der Waals surface area contributed by atoms with Crippen LogP contribution in [0.5, 0.6) is 0 Å². The van der Waals surface area contributed by atoms with Crippen molar-refractivity contribution in [3.05, 3.63) is 71.8 Å². The molecule has 1 fully saturated rings. The van der Waals surface area contributed by atoms with Crippen molar-refractivity contribution < 1.29 is 14.4 Å². The number of nitrogens with one attached hydrogen (secondary N) is 1. The molecule has 1 heterocycles. The third-order valence-electron chi connectivity index (χ3n) is 6.48. The van der Waals surface area contributed by atoms with E-state index in [0.29, 0.717) is 44.8 Å². The van der Waals surface area contributed by atoms with E-state index in [2.05, 4.69) is 17.1 Å². The Morgan fingerprint density at radius 2 is 1.53 bits per heavy atom. The zero-order valence-corrected chi connectivity index (χ0v) is 22.2. The minimum atomic E-state index is -0.646. The second kappa shape index (κ2) is 14.7. The fraction of sp³-hybridized carbons (Fsp3) is 0.464. The van der Waals surface area contributed by atoms with Gasteiger partial charge in [0, 0.05) is 58.4 Å². The van der Waals surface area contributed by atoms with E-state index in [0.717, 1.165) is 30.8 Å². The molecule has 1 atom stereocenters. The van der Waals surface area contributed by atoms with E-state index in [-0.39, 0.29) is 17.1 Å². The molecule has 1 saturated heterocycles.